The number of nitrogen functional groups attached to an aromatic ring is 1. The standard InChI is InChI=1S/C10H19N5O/c1-6-8(12-5-13-9(6)15-11)14-10(3,4)7(2)16/h5,7,16H,11H2,1-4H3,(H2,12,13,14,15). The Morgan fingerprint density at radius 1 is 1.38 bits per heavy atom. The summed E-state index contributed by atoms with van der Waals surface area (Å²) in [6.45, 7) is 7.38. The monoisotopic (exact) mass is 225 g/mol. The van der Waals surface area contributed by atoms with Crippen LogP contribution in [-0.4, -0.2) is 26.7 Å². The zero-order valence-corrected chi connectivity index (χ0v) is 10.1. The summed E-state index contributed by atoms with van der Waals surface area (Å²) in [6.07, 6.45) is 0.916. The normalized spacial score (nSPS) is 13.4. The highest BCUT2D eigenvalue weighted by atomic mass is 16.3. The van der Waals surface area contributed by atoms with Crippen LogP contribution in [0.3, 0.4) is 0 Å². The molecule has 0 amide bonds. The van der Waals surface area contributed by atoms with Gasteiger partial charge in [-0.05, 0) is 27.7 Å². The molecule has 1 unspecified atom stereocenters. The fraction of sp³-hybridized carbons (Fsp3) is 0.600. The van der Waals surface area contributed by atoms with Gasteiger partial charge in [-0.1, -0.05) is 0 Å². The van der Waals surface area contributed by atoms with Crippen LogP contribution in [0.15, 0.2) is 6.33 Å². The number of hydrogen-bond acceptors (Lipinski definition) is 6. The van der Waals surface area contributed by atoms with Crippen molar-refractivity contribution in [3.63, 3.8) is 0 Å². The van der Waals surface area contributed by atoms with Crippen molar-refractivity contribution in [2.45, 2.75) is 39.3 Å². The lowest BCUT2D eigenvalue weighted by atomic mass is 9.98. The van der Waals surface area contributed by atoms with E-state index in [9.17, 15) is 5.11 Å². The van der Waals surface area contributed by atoms with Gasteiger partial charge in [0.05, 0.1) is 11.6 Å². The Morgan fingerprint density at radius 2 is 1.94 bits per heavy atom. The molecule has 5 N–H and O–H groups in total. The molecule has 1 atom stereocenters. The zero-order valence-electron chi connectivity index (χ0n) is 10.1. The number of hydrogen-bond donors (Lipinski definition) is 4. The number of nitrogens with one attached hydrogen (secondary N) is 2. The van der Waals surface area contributed by atoms with Crippen LogP contribution in [0.4, 0.5) is 11.6 Å². The zero-order chi connectivity index (χ0) is 12.3. The quantitative estimate of drug-likeness (QED) is 0.443. The van der Waals surface area contributed by atoms with Gasteiger partial charge >= 0.3 is 0 Å². The van der Waals surface area contributed by atoms with Crippen molar-refractivity contribution < 1.29 is 5.11 Å². The molecule has 0 bridgehead atoms. The summed E-state index contributed by atoms with van der Waals surface area (Å²) in [6, 6.07) is 0. The van der Waals surface area contributed by atoms with E-state index in [1.54, 1.807) is 6.92 Å². The van der Waals surface area contributed by atoms with Crippen molar-refractivity contribution in [3.8, 4) is 0 Å². The first-order chi connectivity index (χ1) is 7.38. The highest BCUT2D eigenvalue weighted by Crippen LogP contribution is 2.22. The maximum Gasteiger partial charge on any atom is 0.148 e. The molecule has 0 saturated heterocycles. The van der Waals surface area contributed by atoms with Crippen LogP contribution in [0.5, 0.6) is 0 Å². The van der Waals surface area contributed by atoms with E-state index in [-0.39, 0.29) is 0 Å². The van der Waals surface area contributed by atoms with Gasteiger partial charge in [0.1, 0.15) is 18.0 Å². The molecule has 0 aliphatic heterocycles. The summed E-state index contributed by atoms with van der Waals surface area (Å²) < 4.78 is 0. The van der Waals surface area contributed by atoms with E-state index in [1.807, 2.05) is 20.8 Å². The smallest absolute Gasteiger partial charge is 0.148 e. The van der Waals surface area contributed by atoms with Crippen LogP contribution in [0, 0.1) is 6.92 Å². The van der Waals surface area contributed by atoms with Gasteiger partial charge in [0.25, 0.3) is 0 Å². The Bertz CT molecular complexity index is 364. The van der Waals surface area contributed by atoms with Gasteiger partial charge in [-0.3, -0.25) is 0 Å². The Labute approximate surface area is 95.3 Å². The molecule has 0 fully saturated rings. The van der Waals surface area contributed by atoms with E-state index in [0.717, 1.165) is 5.56 Å². The van der Waals surface area contributed by atoms with Crippen molar-refractivity contribution in [1.82, 2.24) is 9.97 Å². The molecule has 90 valence electrons. The summed E-state index contributed by atoms with van der Waals surface area (Å²) >= 11 is 0. The summed E-state index contributed by atoms with van der Waals surface area (Å²) in [5.74, 6) is 6.56. The summed E-state index contributed by atoms with van der Waals surface area (Å²) in [7, 11) is 0. The van der Waals surface area contributed by atoms with Crippen molar-refractivity contribution in [2.24, 2.45) is 5.84 Å². The maximum absolute atomic E-state index is 9.61. The summed E-state index contributed by atoms with van der Waals surface area (Å²) in [5.41, 5.74) is 2.85. The lowest BCUT2D eigenvalue weighted by molar-refractivity contribution is 0.133. The predicted octanol–water partition coefficient (Wildman–Crippen LogP) is 0.642. The Kier molecular flexibility index (Phi) is 3.66. The first-order valence-electron chi connectivity index (χ1n) is 5.13. The summed E-state index contributed by atoms with van der Waals surface area (Å²) in [4.78, 5) is 8.11. The molecule has 6 nitrogen and oxygen atoms in total. The van der Waals surface area contributed by atoms with Crippen LogP contribution < -0.4 is 16.6 Å². The second-order valence-corrected chi connectivity index (χ2v) is 4.36. The molecule has 1 aromatic heterocycles. The molecule has 0 aliphatic rings. The Hall–Kier alpha value is -1.40. The number of nitrogens with two attached hydrogens (primary N) is 1. The van der Waals surface area contributed by atoms with E-state index in [1.165, 1.54) is 6.33 Å². The average molecular weight is 225 g/mol. The lowest BCUT2D eigenvalue weighted by Gasteiger charge is -2.30. The molecule has 0 saturated carbocycles. The molecule has 1 aromatic rings. The molecule has 1 heterocycles. The maximum atomic E-state index is 9.61. The van der Waals surface area contributed by atoms with Crippen LogP contribution >= 0.6 is 0 Å². The van der Waals surface area contributed by atoms with E-state index < -0.39 is 11.6 Å². The van der Waals surface area contributed by atoms with Crippen LogP contribution in [-0.2, 0) is 0 Å². The highest BCUT2D eigenvalue weighted by Gasteiger charge is 2.25. The minimum Gasteiger partial charge on any atom is -0.391 e. The van der Waals surface area contributed by atoms with Gasteiger partial charge < -0.3 is 15.8 Å². The fourth-order valence-electron chi connectivity index (χ4n) is 1.13. The third-order valence-corrected chi connectivity index (χ3v) is 2.71. The predicted molar refractivity (Wildman–Crippen MR) is 64.0 cm³/mol. The summed E-state index contributed by atoms with van der Waals surface area (Å²) in [5, 5.41) is 12.8. The minimum absolute atomic E-state index is 0.467. The van der Waals surface area contributed by atoms with Crippen molar-refractivity contribution in [1.29, 1.82) is 0 Å². The molecule has 0 radical (unpaired) electrons. The lowest BCUT2D eigenvalue weighted by Crippen LogP contribution is -2.42. The average Bonchev–Trinajstić information content (AvgIpc) is 2.20. The number of aliphatic hydroxyl groups is 1. The number of rotatable bonds is 4. The number of aromatic nitrogens is 2. The number of aliphatic hydroxyl groups excluding tert-OH is 1. The van der Waals surface area contributed by atoms with Crippen molar-refractivity contribution >= 4 is 11.6 Å². The topological polar surface area (TPSA) is 96.1 Å². The number of hydrazine groups is 1. The van der Waals surface area contributed by atoms with Crippen LogP contribution in [0.25, 0.3) is 0 Å². The van der Waals surface area contributed by atoms with Gasteiger partial charge in [-0.25, -0.2) is 15.8 Å². The number of nitrogens with zero attached hydrogens (tertiary/aromatic N) is 2. The third kappa shape index (κ3) is 2.59. The van der Waals surface area contributed by atoms with Gasteiger partial charge in [0, 0.05) is 5.56 Å². The molecule has 0 spiro atoms. The van der Waals surface area contributed by atoms with Gasteiger partial charge in [0.2, 0.25) is 0 Å². The third-order valence-electron chi connectivity index (χ3n) is 2.71. The van der Waals surface area contributed by atoms with Crippen molar-refractivity contribution in [2.75, 3.05) is 10.7 Å². The van der Waals surface area contributed by atoms with Gasteiger partial charge in [-0.2, -0.15) is 0 Å². The van der Waals surface area contributed by atoms with E-state index in [0.29, 0.717) is 11.6 Å². The van der Waals surface area contributed by atoms with Crippen LogP contribution in [0.1, 0.15) is 26.3 Å². The molecular weight excluding hydrogens is 206 g/mol. The first-order valence-corrected chi connectivity index (χ1v) is 5.13. The SMILES string of the molecule is Cc1c(NN)ncnc1NC(C)(C)C(C)O. The minimum atomic E-state index is -0.504. The Balaban J connectivity index is 2.98. The highest BCUT2D eigenvalue weighted by molar-refractivity contribution is 5.56. The Morgan fingerprint density at radius 3 is 2.44 bits per heavy atom. The van der Waals surface area contributed by atoms with E-state index >= 15 is 0 Å². The van der Waals surface area contributed by atoms with E-state index in [2.05, 4.69) is 20.7 Å². The van der Waals surface area contributed by atoms with Crippen LogP contribution in [0.2, 0.25) is 0 Å². The fourth-order valence-corrected chi connectivity index (χ4v) is 1.13. The molecule has 1 rings (SSSR count). The molecule has 0 aromatic carbocycles. The van der Waals surface area contributed by atoms with Gasteiger partial charge in [-0.15, -0.1) is 0 Å². The largest absolute Gasteiger partial charge is 0.391 e. The van der Waals surface area contributed by atoms with E-state index in [4.69, 9.17) is 5.84 Å². The molecular formula is C10H19N5O. The molecule has 0 aliphatic carbocycles. The van der Waals surface area contributed by atoms with Crippen molar-refractivity contribution in [3.05, 3.63) is 11.9 Å². The molecule has 16 heavy (non-hydrogen) atoms. The van der Waals surface area contributed by atoms with Gasteiger partial charge in [0.15, 0.2) is 0 Å². The number of anilines is 2. The second kappa shape index (κ2) is 4.63. The first kappa shape index (κ1) is 12.7. The molecule has 6 heteroatoms. The second-order valence-electron chi connectivity index (χ2n) is 4.36.